The molecule has 1 aliphatic heterocycles. The van der Waals surface area contributed by atoms with Crippen LogP contribution in [0.15, 0.2) is 18.2 Å². The number of nitrogen functional groups attached to an aromatic ring is 1. The Morgan fingerprint density at radius 1 is 1.40 bits per heavy atom. The van der Waals surface area contributed by atoms with Gasteiger partial charge < -0.3 is 11.1 Å². The molecule has 0 radical (unpaired) electrons. The summed E-state index contributed by atoms with van der Waals surface area (Å²) in [5.41, 5.74) is 6.35. The van der Waals surface area contributed by atoms with E-state index < -0.39 is 12.0 Å². The van der Waals surface area contributed by atoms with E-state index in [0.29, 0.717) is 6.54 Å². The molecule has 15 heavy (non-hydrogen) atoms. The average molecular weight is 212 g/mol. The minimum absolute atomic E-state index is 0.0956. The highest BCUT2D eigenvalue weighted by molar-refractivity contribution is 5.43. The maximum atomic E-state index is 13.6. The van der Waals surface area contributed by atoms with Crippen LogP contribution in [-0.2, 0) is 0 Å². The third-order valence-electron chi connectivity index (χ3n) is 2.86. The molecule has 1 aromatic rings. The molecule has 1 fully saturated rings. The number of hydrogen-bond acceptors (Lipinski definition) is 2. The van der Waals surface area contributed by atoms with E-state index in [1.807, 2.05) is 0 Å². The second-order valence-electron chi connectivity index (χ2n) is 3.90. The summed E-state index contributed by atoms with van der Waals surface area (Å²) in [7, 11) is 0. The fourth-order valence-electron chi connectivity index (χ4n) is 1.99. The lowest BCUT2D eigenvalue weighted by atomic mass is 9.88. The van der Waals surface area contributed by atoms with Crippen molar-refractivity contribution in [3.63, 3.8) is 0 Å². The van der Waals surface area contributed by atoms with Gasteiger partial charge in [-0.25, -0.2) is 8.78 Å². The lowest BCUT2D eigenvalue weighted by Gasteiger charge is -2.27. The molecular formula is C11H14F2N2. The summed E-state index contributed by atoms with van der Waals surface area (Å²) in [6.45, 7) is 1.16. The van der Waals surface area contributed by atoms with Gasteiger partial charge in [-0.1, -0.05) is 6.07 Å². The molecule has 1 saturated heterocycles. The van der Waals surface area contributed by atoms with Crippen molar-refractivity contribution in [1.82, 2.24) is 5.32 Å². The SMILES string of the molecule is Nc1cc(C2CCNCC2F)ccc1F. The van der Waals surface area contributed by atoms with Gasteiger partial charge in [-0.05, 0) is 30.7 Å². The van der Waals surface area contributed by atoms with Crippen LogP contribution in [0.2, 0.25) is 0 Å². The minimum Gasteiger partial charge on any atom is -0.396 e. The number of hydrogen-bond donors (Lipinski definition) is 2. The first-order chi connectivity index (χ1) is 7.18. The molecule has 1 aliphatic rings. The summed E-state index contributed by atoms with van der Waals surface area (Å²) in [5.74, 6) is -0.600. The van der Waals surface area contributed by atoms with Gasteiger partial charge in [0.2, 0.25) is 0 Å². The van der Waals surface area contributed by atoms with Crippen molar-refractivity contribution in [3.05, 3.63) is 29.6 Å². The summed E-state index contributed by atoms with van der Waals surface area (Å²) < 4.78 is 26.5. The van der Waals surface area contributed by atoms with Gasteiger partial charge in [0, 0.05) is 12.5 Å². The van der Waals surface area contributed by atoms with E-state index in [2.05, 4.69) is 5.32 Å². The Bertz CT molecular complexity index is 354. The number of nitrogens with one attached hydrogen (secondary N) is 1. The Morgan fingerprint density at radius 3 is 2.87 bits per heavy atom. The molecule has 3 N–H and O–H groups in total. The Hall–Kier alpha value is -1.16. The van der Waals surface area contributed by atoms with Crippen LogP contribution in [0.4, 0.5) is 14.5 Å². The van der Waals surface area contributed by atoms with Crippen molar-refractivity contribution < 1.29 is 8.78 Å². The quantitative estimate of drug-likeness (QED) is 0.697. The largest absolute Gasteiger partial charge is 0.396 e. The number of alkyl halides is 1. The summed E-state index contributed by atoms with van der Waals surface area (Å²) >= 11 is 0. The highest BCUT2D eigenvalue weighted by Crippen LogP contribution is 2.29. The smallest absolute Gasteiger partial charge is 0.146 e. The molecule has 1 aromatic carbocycles. The lowest BCUT2D eigenvalue weighted by Crippen LogP contribution is -2.36. The number of anilines is 1. The molecule has 4 heteroatoms. The van der Waals surface area contributed by atoms with Crippen LogP contribution in [-0.4, -0.2) is 19.3 Å². The molecule has 1 heterocycles. The zero-order valence-electron chi connectivity index (χ0n) is 8.34. The zero-order chi connectivity index (χ0) is 10.8. The number of benzene rings is 1. The Kier molecular flexibility index (Phi) is 2.86. The first kappa shape index (κ1) is 10.4. The Labute approximate surface area is 87.5 Å². The molecule has 0 amide bonds. The minimum atomic E-state index is -0.913. The van der Waals surface area contributed by atoms with Crippen LogP contribution in [0.3, 0.4) is 0 Å². The van der Waals surface area contributed by atoms with Crippen molar-refractivity contribution >= 4 is 5.69 Å². The van der Waals surface area contributed by atoms with Gasteiger partial charge in [0.15, 0.2) is 0 Å². The molecule has 82 valence electrons. The van der Waals surface area contributed by atoms with Gasteiger partial charge in [0.1, 0.15) is 12.0 Å². The van der Waals surface area contributed by atoms with Gasteiger partial charge in [-0.3, -0.25) is 0 Å². The second-order valence-corrected chi connectivity index (χ2v) is 3.90. The highest BCUT2D eigenvalue weighted by Gasteiger charge is 2.26. The normalized spacial score (nSPS) is 26.5. The zero-order valence-corrected chi connectivity index (χ0v) is 8.34. The predicted molar refractivity (Wildman–Crippen MR) is 55.9 cm³/mol. The van der Waals surface area contributed by atoms with Crippen molar-refractivity contribution in [3.8, 4) is 0 Å². The number of rotatable bonds is 1. The van der Waals surface area contributed by atoms with Crippen molar-refractivity contribution in [2.75, 3.05) is 18.8 Å². The molecule has 0 spiro atoms. The van der Waals surface area contributed by atoms with Crippen molar-refractivity contribution in [1.29, 1.82) is 0 Å². The van der Waals surface area contributed by atoms with Gasteiger partial charge in [0.05, 0.1) is 5.69 Å². The van der Waals surface area contributed by atoms with E-state index in [9.17, 15) is 8.78 Å². The van der Waals surface area contributed by atoms with E-state index in [-0.39, 0.29) is 11.6 Å². The number of piperidine rings is 1. The van der Waals surface area contributed by atoms with E-state index in [4.69, 9.17) is 5.73 Å². The monoisotopic (exact) mass is 212 g/mol. The average Bonchev–Trinajstić information content (AvgIpc) is 2.23. The van der Waals surface area contributed by atoms with E-state index >= 15 is 0 Å². The lowest BCUT2D eigenvalue weighted by molar-refractivity contribution is 0.231. The Morgan fingerprint density at radius 2 is 2.20 bits per heavy atom. The van der Waals surface area contributed by atoms with Crippen LogP contribution >= 0.6 is 0 Å². The van der Waals surface area contributed by atoms with Crippen molar-refractivity contribution in [2.45, 2.75) is 18.5 Å². The molecule has 0 aliphatic carbocycles. The van der Waals surface area contributed by atoms with Gasteiger partial charge in [0.25, 0.3) is 0 Å². The van der Waals surface area contributed by atoms with Crippen LogP contribution in [0, 0.1) is 5.82 Å². The van der Waals surface area contributed by atoms with Crippen LogP contribution in [0.25, 0.3) is 0 Å². The van der Waals surface area contributed by atoms with Crippen LogP contribution in [0.1, 0.15) is 17.9 Å². The third kappa shape index (κ3) is 2.09. The Balaban J connectivity index is 2.24. The predicted octanol–water partition coefficient (Wildman–Crippen LogP) is 1.82. The number of nitrogens with two attached hydrogens (primary N) is 1. The van der Waals surface area contributed by atoms with E-state index in [1.165, 1.54) is 12.1 Å². The van der Waals surface area contributed by atoms with Crippen LogP contribution < -0.4 is 11.1 Å². The van der Waals surface area contributed by atoms with Crippen molar-refractivity contribution in [2.24, 2.45) is 0 Å². The van der Waals surface area contributed by atoms with Gasteiger partial charge in [-0.2, -0.15) is 0 Å². The van der Waals surface area contributed by atoms with Gasteiger partial charge >= 0.3 is 0 Å². The second kappa shape index (κ2) is 4.14. The third-order valence-corrected chi connectivity index (χ3v) is 2.86. The maximum absolute atomic E-state index is 13.6. The molecule has 0 saturated carbocycles. The molecule has 0 aromatic heterocycles. The molecule has 2 unspecified atom stereocenters. The molecule has 2 atom stereocenters. The van der Waals surface area contributed by atoms with E-state index in [1.54, 1.807) is 6.07 Å². The molecule has 0 bridgehead atoms. The van der Waals surface area contributed by atoms with E-state index in [0.717, 1.165) is 18.5 Å². The maximum Gasteiger partial charge on any atom is 0.146 e. The van der Waals surface area contributed by atoms with Crippen LogP contribution in [0.5, 0.6) is 0 Å². The summed E-state index contributed by atoms with van der Waals surface area (Å²) in [4.78, 5) is 0. The fourth-order valence-corrected chi connectivity index (χ4v) is 1.99. The summed E-state index contributed by atoms with van der Waals surface area (Å²) in [6.07, 6.45) is -0.185. The first-order valence-electron chi connectivity index (χ1n) is 5.08. The topological polar surface area (TPSA) is 38.0 Å². The summed E-state index contributed by atoms with van der Waals surface area (Å²) in [6, 6.07) is 4.46. The molecule has 2 nitrogen and oxygen atoms in total. The first-order valence-corrected chi connectivity index (χ1v) is 5.08. The molecular weight excluding hydrogens is 198 g/mol. The number of halogens is 2. The fraction of sp³-hybridized carbons (Fsp3) is 0.455. The summed E-state index contributed by atoms with van der Waals surface area (Å²) in [5, 5.41) is 2.98. The van der Waals surface area contributed by atoms with Gasteiger partial charge in [-0.15, -0.1) is 0 Å². The standard InChI is InChI=1S/C11H14F2N2/c12-9-2-1-7(5-11(9)14)8-3-4-15-6-10(8)13/h1-2,5,8,10,15H,3-4,6,14H2. The highest BCUT2D eigenvalue weighted by atomic mass is 19.1. The molecule has 2 rings (SSSR count).